The number of hydrogen-bond donors (Lipinski definition) is 1. The normalized spacial score (nSPS) is 7.91. The van der Waals surface area contributed by atoms with E-state index in [1.165, 1.54) is 0 Å². The van der Waals surface area contributed by atoms with Crippen LogP contribution in [0.25, 0.3) is 0 Å². The number of ether oxygens (including phenoxy) is 1. The van der Waals surface area contributed by atoms with Crippen molar-refractivity contribution in [2.24, 2.45) is 0 Å². The van der Waals surface area contributed by atoms with Gasteiger partial charge in [-0.1, -0.05) is 22.3 Å². The third-order valence-corrected chi connectivity index (χ3v) is 0.393. The molecule has 0 fully saturated rings. The van der Waals surface area contributed by atoms with Crippen LogP contribution >= 0.6 is 0 Å². The number of hydrogen-bond acceptors (Lipinski definition) is 2. The summed E-state index contributed by atoms with van der Waals surface area (Å²) >= 11 is 0. The monoisotopic (exact) mass is 166 g/mol. The first-order valence-electron chi connectivity index (χ1n) is 2.34. The van der Waals surface area contributed by atoms with Crippen LogP contribution in [-0.2, 0) is 4.74 Å². The largest absolute Gasteiger partial charge is 0.506 e. The topological polar surface area (TPSA) is 46.5 Å². The smallest absolute Gasteiger partial charge is 0.450 e. The van der Waals surface area contributed by atoms with E-state index in [0.717, 1.165) is 0 Å². The molecule has 0 amide bonds. The van der Waals surface area contributed by atoms with Crippen molar-refractivity contribution in [3.8, 4) is 0 Å². The van der Waals surface area contributed by atoms with Crippen LogP contribution in [-0.4, -0.2) is 16.9 Å². The molecule has 0 aromatic rings. The number of carboxylic acid groups (broad SMARTS) is 1. The van der Waals surface area contributed by atoms with Crippen LogP contribution in [0.5, 0.6) is 0 Å². The van der Waals surface area contributed by atoms with E-state index in [1.807, 2.05) is 0 Å². The van der Waals surface area contributed by atoms with Crippen molar-refractivity contribution < 1.29 is 14.6 Å². The average molecular weight is 166 g/mol. The summed E-state index contributed by atoms with van der Waals surface area (Å²) in [6, 6.07) is 0. The lowest BCUT2D eigenvalue weighted by molar-refractivity contribution is 0.0150. The van der Waals surface area contributed by atoms with Crippen molar-refractivity contribution in [2.45, 2.75) is 48.7 Å². The highest BCUT2D eigenvalue weighted by molar-refractivity contribution is 5.57. The van der Waals surface area contributed by atoms with Gasteiger partial charge in [0.1, 0.15) is 5.60 Å². The fraction of sp³-hybridized carbons (Fsp3) is 0.875. The fourth-order valence-electron chi connectivity index (χ4n) is 0.262. The van der Waals surface area contributed by atoms with Crippen LogP contribution < -0.4 is 0 Å². The Morgan fingerprint density at radius 2 is 1.45 bits per heavy atom. The zero-order valence-corrected chi connectivity index (χ0v) is 5.26. The van der Waals surface area contributed by atoms with E-state index in [4.69, 9.17) is 5.11 Å². The minimum absolute atomic E-state index is 0. The molecule has 0 saturated heterocycles. The minimum atomic E-state index is -1.22. The Morgan fingerprint density at radius 1 is 1.18 bits per heavy atom. The van der Waals surface area contributed by atoms with Gasteiger partial charge >= 0.3 is 6.16 Å². The molecule has 0 aliphatic carbocycles. The molecular formula is C8H22O3. The highest BCUT2D eigenvalue weighted by Gasteiger charge is 2.13. The molecule has 0 heterocycles. The Kier molecular flexibility index (Phi) is 15.1. The van der Waals surface area contributed by atoms with Crippen molar-refractivity contribution in [2.75, 3.05) is 0 Å². The summed E-state index contributed by atoms with van der Waals surface area (Å²) in [4.78, 5) is 9.79. The van der Waals surface area contributed by atoms with Gasteiger partial charge in [0.15, 0.2) is 0 Å². The molecule has 0 aromatic carbocycles. The van der Waals surface area contributed by atoms with Crippen LogP contribution in [0.3, 0.4) is 0 Å². The van der Waals surface area contributed by atoms with E-state index in [9.17, 15) is 4.79 Å². The third-order valence-electron chi connectivity index (χ3n) is 0.393. The molecule has 1 N–H and O–H groups in total. The van der Waals surface area contributed by atoms with Gasteiger partial charge in [0.05, 0.1) is 0 Å². The molecule has 0 radical (unpaired) electrons. The molecular weight excluding hydrogens is 144 g/mol. The Morgan fingerprint density at radius 3 is 1.45 bits per heavy atom. The summed E-state index contributed by atoms with van der Waals surface area (Å²) in [5, 5.41) is 8.03. The maximum atomic E-state index is 9.79. The molecule has 3 nitrogen and oxygen atoms in total. The van der Waals surface area contributed by atoms with Crippen LogP contribution in [0.15, 0.2) is 0 Å². The molecule has 0 aliphatic heterocycles. The molecule has 0 rings (SSSR count). The Balaban J connectivity index is -0.0000000817. The van der Waals surface area contributed by atoms with E-state index in [-0.39, 0.29) is 22.3 Å². The number of carbonyl (C=O) groups is 1. The van der Waals surface area contributed by atoms with Gasteiger partial charge in [-0.05, 0) is 20.8 Å². The SMILES string of the molecule is C.C.C.CC(C)(C)OC(=O)O. The summed E-state index contributed by atoms with van der Waals surface area (Å²) in [5.41, 5.74) is -0.578. The second kappa shape index (κ2) is 7.38. The van der Waals surface area contributed by atoms with E-state index >= 15 is 0 Å². The van der Waals surface area contributed by atoms with E-state index < -0.39 is 11.8 Å². The zero-order valence-electron chi connectivity index (χ0n) is 5.26. The van der Waals surface area contributed by atoms with Gasteiger partial charge in [-0.15, -0.1) is 0 Å². The fourth-order valence-corrected chi connectivity index (χ4v) is 0.262. The molecule has 0 saturated carbocycles. The van der Waals surface area contributed by atoms with Gasteiger partial charge in [0.2, 0.25) is 0 Å². The lowest BCUT2D eigenvalue weighted by Gasteiger charge is -2.15. The maximum absolute atomic E-state index is 9.79. The van der Waals surface area contributed by atoms with Crippen molar-refractivity contribution in [1.29, 1.82) is 0 Å². The first kappa shape index (κ1) is 22.4. The quantitative estimate of drug-likeness (QED) is 0.561. The predicted octanol–water partition coefficient (Wildman–Crippen LogP) is 3.39. The van der Waals surface area contributed by atoms with Gasteiger partial charge < -0.3 is 9.84 Å². The highest BCUT2D eigenvalue weighted by Crippen LogP contribution is 2.05. The Bertz CT molecular complexity index is 92.0. The predicted molar refractivity (Wildman–Crippen MR) is 49.1 cm³/mol. The molecule has 0 spiro atoms. The third kappa shape index (κ3) is 26.9. The molecule has 0 aliphatic rings. The van der Waals surface area contributed by atoms with Gasteiger partial charge in [-0.2, -0.15) is 0 Å². The molecule has 11 heavy (non-hydrogen) atoms. The summed E-state index contributed by atoms with van der Waals surface area (Å²) < 4.78 is 4.35. The van der Waals surface area contributed by atoms with Crippen LogP contribution in [0.1, 0.15) is 43.1 Å². The van der Waals surface area contributed by atoms with Crippen LogP contribution in [0, 0.1) is 0 Å². The lowest BCUT2D eigenvalue weighted by Crippen LogP contribution is -2.22. The Labute approximate surface area is 70.4 Å². The summed E-state index contributed by atoms with van der Waals surface area (Å²) in [6.45, 7) is 5.04. The second-order valence-electron chi connectivity index (χ2n) is 2.48. The standard InChI is InChI=1S/C5H10O3.3CH4/c1-5(2,3)8-4(6)7;;;/h1-3H3,(H,6,7);3*1H4. The molecule has 0 aromatic heterocycles. The van der Waals surface area contributed by atoms with Gasteiger partial charge in [0.25, 0.3) is 0 Å². The highest BCUT2D eigenvalue weighted by atomic mass is 16.7. The molecule has 0 unspecified atom stereocenters. The van der Waals surface area contributed by atoms with Crippen molar-refractivity contribution in [3.63, 3.8) is 0 Å². The van der Waals surface area contributed by atoms with Gasteiger partial charge in [-0.25, -0.2) is 4.79 Å². The maximum Gasteiger partial charge on any atom is 0.506 e. The number of rotatable bonds is 0. The second-order valence-corrected chi connectivity index (χ2v) is 2.48. The van der Waals surface area contributed by atoms with E-state index in [0.29, 0.717) is 0 Å². The summed E-state index contributed by atoms with van der Waals surface area (Å²) in [6.07, 6.45) is -1.22. The summed E-state index contributed by atoms with van der Waals surface area (Å²) in [7, 11) is 0. The Hall–Kier alpha value is -0.730. The molecule has 0 bridgehead atoms. The van der Waals surface area contributed by atoms with Gasteiger partial charge in [-0.3, -0.25) is 0 Å². The minimum Gasteiger partial charge on any atom is -0.450 e. The zero-order chi connectivity index (χ0) is 6.78. The molecule has 0 atom stereocenters. The van der Waals surface area contributed by atoms with E-state index in [2.05, 4.69) is 4.74 Å². The first-order chi connectivity index (χ1) is 3.42. The van der Waals surface area contributed by atoms with E-state index in [1.54, 1.807) is 20.8 Å². The summed E-state index contributed by atoms with van der Waals surface area (Å²) in [5.74, 6) is 0. The molecule has 72 valence electrons. The first-order valence-corrected chi connectivity index (χ1v) is 2.34. The van der Waals surface area contributed by atoms with Crippen molar-refractivity contribution in [1.82, 2.24) is 0 Å². The average Bonchev–Trinajstić information content (AvgIpc) is 1.21. The van der Waals surface area contributed by atoms with Crippen molar-refractivity contribution in [3.05, 3.63) is 0 Å². The van der Waals surface area contributed by atoms with Crippen molar-refractivity contribution >= 4 is 6.16 Å². The van der Waals surface area contributed by atoms with Crippen LogP contribution in [0.2, 0.25) is 0 Å². The molecule has 3 heteroatoms. The van der Waals surface area contributed by atoms with Crippen LogP contribution in [0.4, 0.5) is 4.79 Å². The lowest BCUT2D eigenvalue weighted by atomic mass is 10.2. The van der Waals surface area contributed by atoms with Gasteiger partial charge in [0, 0.05) is 0 Å².